The zero-order valence-corrected chi connectivity index (χ0v) is 12.1. The van der Waals surface area contributed by atoms with Crippen LogP contribution in [0.25, 0.3) is 0 Å². The van der Waals surface area contributed by atoms with Crippen LogP contribution in [0.4, 0.5) is 0 Å². The largest absolute Gasteiger partial charge is 0.393 e. The van der Waals surface area contributed by atoms with Gasteiger partial charge in [0.25, 0.3) is 0 Å². The first-order chi connectivity index (χ1) is 8.97. The van der Waals surface area contributed by atoms with Crippen molar-refractivity contribution in [3.05, 3.63) is 0 Å². The van der Waals surface area contributed by atoms with Gasteiger partial charge in [0.1, 0.15) is 0 Å². The fraction of sp³-hybridized carbons (Fsp3) is 0.857. The quantitative estimate of drug-likeness (QED) is 0.495. The monoisotopic (exact) mass is 274 g/mol. The molecule has 0 aromatic carbocycles. The minimum Gasteiger partial charge on any atom is -0.393 e. The molecule has 0 saturated carbocycles. The normalized spacial score (nSPS) is 13.1. The molecule has 0 rings (SSSR count). The van der Waals surface area contributed by atoms with Crippen LogP contribution in [0.5, 0.6) is 0 Å². The van der Waals surface area contributed by atoms with E-state index in [1.807, 2.05) is 20.8 Å². The Morgan fingerprint density at radius 2 is 1.47 bits per heavy atom. The second kappa shape index (κ2) is 9.04. The highest BCUT2D eigenvalue weighted by Crippen LogP contribution is 2.36. The van der Waals surface area contributed by atoms with E-state index < -0.39 is 30.1 Å². The van der Waals surface area contributed by atoms with Crippen molar-refractivity contribution in [1.82, 2.24) is 0 Å². The van der Waals surface area contributed by atoms with Crippen LogP contribution in [-0.4, -0.2) is 34.9 Å². The van der Waals surface area contributed by atoms with E-state index in [2.05, 4.69) is 0 Å². The van der Waals surface area contributed by atoms with E-state index in [-0.39, 0.29) is 0 Å². The summed E-state index contributed by atoms with van der Waals surface area (Å²) in [5, 5.41) is 17.8. The summed E-state index contributed by atoms with van der Waals surface area (Å²) in [5.74, 6) is -1.64. The highest BCUT2D eigenvalue weighted by molar-refractivity contribution is 5.90. The number of aliphatic hydroxyl groups excluding tert-OH is 2. The van der Waals surface area contributed by atoms with Gasteiger partial charge in [-0.2, -0.15) is 0 Å². The molecule has 19 heavy (non-hydrogen) atoms. The Balaban J connectivity index is 4.92. The molecule has 0 fully saturated rings. The van der Waals surface area contributed by atoms with E-state index in [1.165, 1.54) is 0 Å². The summed E-state index contributed by atoms with van der Waals surface area (Å²) in [6, 6.07) is 0. The van der Waals surface area contributed by atoms with Gasteiger partial charge in [-0.05, 0) is 19.3 Å². The third-order valence-corrected chi connectivity index (χ3v) is 3.26. The van der Waals surface area contributed by atoms with Gasteiger partial charge in [-0.1, -0.05) is 40.0 Å². The Morgan fingerprint density at radius 3 is 1.79 bits per heavy atom. The van der Waals surface area contributed by atoms with Gasteiger partial charge in [0.05, 0.1) is 12.0 Å². The average Bonchev–Trinajstić information content (AvgIpc) is 2.38. The lowest BCUT2D eigenvalue weighted by Gasteiger charge is -2.30. The molecule has 0 heterocycles. The summed E-state index contributed by atoms with van der Waals surface area (Å²) in [4.78, 5) is 23.6. The molecule has 112 valence electrons. The zero-order chi connectivity index (χ0) is 14.9. The van der Waals surface area contributed by atoms with Crippen molar-refractivity contribution in [2.45, 2.75) is 65.4 Å². The molecule has 0 bridgehead atoms. The lowest BCUT2D eigenvalue weighted by Crippen LogP contribution is -2.38. The minimum atomic E-state index is -1.65. The Hall–Kier alpha value is -0.940. The maximum absolute atomic E-state index is 12.2. The molecule has 0 radical (unpaired) electrons. The van der Waals surface area contributed by atoms with Crippen LogP contribution in [0.2, 0.25) is 0 Å². The van der Waals surface area contributed by atoms with Gasteiger partial charge < -0.3 is 14.9 Å². The van der Waals surface area contributed by atoms with E-state index in [1.54, 1.807) is 0 Å². The highest BCUT2D eigenvalue weighted by Gasteiger charge is 2.39. The van der Waals surface area contributed by atoms with Gasteiger partial charge >= 0.3 is 11.9 Å². The predicted octanol–water partition coefficient (Wildman–Crippen LogP) is 1.80. The third kappa shape index (κ3) is 5.28. The first-order valence-electron chi connectivity index (χ1n) is 7.02. The Kier molecular flexibility index (Phi) is 8.59. The summed E-state index contributed by atoms with van der Waals surface area (Å²) in [5.41, 5.74) is -0.650. The number of aliphatic hydroxyl groups is 2. The van der Waals surface area contributed by atoms with E-state index >= 15 is 0 Å². The van der Waals surface area contributed by atoms with Crippen molar-refractivity contribution >= 4 is 11.9 Å². The van der Waals surface area contributed by atoms with Gasteiger partial charge in [0.15, 0.2) is 6.10 Å². The van der Waals surface area contributed by atoms with Crippen molar-refractivity contribution in [3.63, 3.8) is 0 Å². The van der Waals surface area contributed by atoms with Crippen LogP contribution in [0, 0.1) is 5.41 Å². The molecule has 5 nitrogen and oxygen atoms in total. The van der Waals surface area contributed by atoms with Crippen molar-refractivity contribution < 1.29 is 24.5 Å². The molecule has 0 aliphatic carbocycles. The van der Waals surface area contributed by atoms with Gasteiger partial charge in [-0.15, -0.1) is 0 Å². The molecule has 1 unspecified atom stereocenters. The number of hydrogen-bond donors (Lipinski definition) is 2. The number of carbonyl (C=O) groups is 2. The fourth-order valence-corrected chi connectivity index (χ4v) is 2.46. The maximum atomic E-state index is 12.2. The van der Waals surface area contributed by atoms with Gasteiger partial charge in [-0.25, -0.2) is 4.79 Å². The van der Waals surface area contributed by atoms with Crippen molar-refractivity contribution in [1.29, 1.82) is 0 Å². The molecule has 0 aliphatic heterocycles. The molecule has 1 atom stereocenters. The molecule has 5 heteroatoms. The summed E-state index contributed by atoms with van der Waals surface area (Å²) < 4.78 is 4.74. The van der Waals surface area contributed by atoms with E-state index in [4.69, 9.17) is 14.9 Å². The summed E-state index contributed by atoms with van der Waals surface area (Å²) >= 11 is 0. The van der Waals surface area contributed by atoms with Gasteiger partial charge in [0, 0.05) is 0 Å². The zero-order valence-electron chi connectivity index (χ0n) is 12.1. The van der Waals surface area contributed by atoms with Crippen molar-refractivity contribution in [2.75, 3.05) is 6.61 Å². The van der Waals surface area contributed by atoms with Gasteiger partial charge in [0.2, 0.25) is 0 Å². The number of carbonyl (C=O) groups excluding carboxylic acids is 2. The SMILES string of the molecule is CCCC(CCC)(CCC)C(=O)OC(=O)C(O)CO. The molecule has 0 spiro atoms. The van der Waals surface area contributed by atoms with Crippen LogP contribution in [0.3, 0.4) is 0 Å². The number of hydrogen-bond acceptors (Lipinski definition) is 5. The van der Waals surface area contributed by atoms with Gasteiger partial charge in [-0.3, -0.25) is 4.79 Å². The highest BCUT2D eigenvalue weighted by atomic mass is 16.6. The second-order valence-corrected chi connectivity index (χ2v) is 4.94. The molecule has 0 saturated heterocycles. The Bertz CT molecular complexity index is 271. The van der Waals surface area contributed by atoms with E-state index in [9.17, 15) is 9.59 Å². The Labute approximate surface area is 115 Å². The number of esters is 2. The summed E-state index contributed by atoms with van der Waals surface area (Å²) in [6.45, 7) is 5.21. The second-order valence-electron chi connectivity index (χ2n) is 4.94. The molecule has 0 aromatic rings. The van der Waals surface area contributed by atoms with Crippen LogP contribution >= 0.6 is 0 Å². The molecular formula is C14H26O5. The minimum absolute atomic E-state index is 0.574. The van der Waals surface area contributed by atoms with E-state index in [0.29, 0.717) is 19.3 Å². The third-order valence-electron chi connectivity index (χ3n) is 3.26. The van der Waals surface area contributed by atoms with E-state index in [0.717, 1.165) is 19.3 Å². The molecule has 0 amide bonds. The topological polar surface area (TPSA) is 83.8 Å². The number of ether oxygens (including phenoxy) is 1. The molecule has 0 aliphatic rings. The molecular weight excluding hydrogens is 248 g/mol. The standard InChI is InChI=1S/C14H26O5/c1-4-7-14(8-5-2,9-6-3)13(18)19-12(17)11(16)10-15/h11,15-16H,4-10H2,1-3H3. The Morgan fingerprint density at radius 1 is 1.05 bits per heavy atom. The van der Waals surface area contributed by atoms with Crippen LogP contribution in [0.15, 0.2) is 0 Å². The molecule has 2 N–H and O–H groups in total. The summed E-state index contributed by atoms with van der Waals surface area (Å²) in [6.07, 6.45) is 2.82. The van der Waals surface area contributed by atoms with Crippen LogP contribution in [-0.2, 0) is 14.3 Å². The number of rotatable bonds is 9. The fourth-order valence-electron chi connectivity index (χ4n) is 2.46. The van der Waals surface area contributed by atoms with Crippen molar-refractivity contribution in [3.8, 4) is 0 Å². The molecule has 0 aromatic heterocycles. The van der Waals surface area contributed by atoms with Crippen LogP contribution < -0.4 is 0 Å². The lowest BCUT2D eigenvalue weighted by atomic mass is 9.75. The first kappa shape index (κ1) is 18.1. The first-order valence-corrected chi connectivity index (χ1v) is 7.02. The van der Waals surface area contributed by atoms with Crippen molar-refractivity contribution in [2.24, 2.45) is 5.41 Å². The lowest BCUT2D eigenvalue weighted by molar-refractivity contribution is -0.175. The predicted molar refractivity (Wildman–Crippen MR) is 71.3 cm³/mol. The average molecular weight is 274 g/mol. The summed E-state index contributed by atoms with van der Waals surface area (Å²) in [7, 11) is 0. The van der Waals surface area contributed by atoms with Crippen LogP contribution in [0.1, 0.15) is 59.3 Å². The smallest absolute Gasteiger partial charge is 0.345 e. The maximum Gasteiger partial charge on any atom is 0.345 e.